The molecule has 0 spiro atoms. The average molecular weight is 514 g/mol. The number of rotatable bonds is 12. The van der Waals surface area contributed by atoms with Crippen molar-refractivity contribution in [2.75, 3.05) is 33.2 Å². The minimum atomic E-state index is -4.05. The molecule has 10 nitrogen and oxygen atoms in total. The van der Waals surface area contributed by atoms with Gasteiger partial charge in [0.05, 0.1) is 51.7 Å². The van der Waals surface area contributed by atoms with Crippen LogP contribution in [0.4, 0.5) is 5.69 Å². The molecule has 0 aliphatic rings. The van der Waals surface area contributed by atoms with Gasteiger partial charge in [-0.15, -0.1) is 0 Å². The smallest absolute Gasteiger partial charge is 0.304 e. The lowest BCUT2D eigenvalue weighted by molar-refractivity contribution is -0.138. The number of ether oxygens (including phenoxy) is 4. The van der Waals surface area contributed by atoms with Crippen molar-refractivity contribution >= 4 is 44.6 Å². The summed E-state index contributed by atoms with van der Waals surface area (Å²) < 4.78 is 48.8. The number of hydrogen-bond donors (Lipinski definition) is 2. The van der Waals surface area contributed by atoms with Crippen LogP contribution >= 0.6 is 11.6 Å². The molecule has 0 heterocycles. The van der Waals surface area contributed by atoms with Crippen LogP contribution in [0.5, 0.6) is 23.0 Å². The highest BCUT2D eigenvalue weighted by Crippen LogP contribution is 2.36. The highest BCUT2D eigenvalue weighted by Gasteiger charge is 2.26. The molecular formula is C22H24ClNO9S. The number of carbonyl (C=O) groups is 2. The standard InChI is InChI=1S/C22H24ClNO9S/c1-30-14-10-19(32-3)15(20(11-14)33-4)7-8-34(28,29)24-13-5-6-18(31-2)16(9-13)17(22(23)27)12-21(25)26/h5-11,17,24H,12H2,1-4H3,(H,25,26)/b8-7+. The normalized spacial score (nSPS) is 12.1. The van der Waals surface area contributed by atoms with E-state index in [0.717, 1.165) is 5.41 Å². The molecule has 0 bridgehead atoms. The van der Waals surface area contributed by atoms with Crippen LogP contribution < -0.4 is 23.7 Å². The number of carboxylic acid groups (broad SMARTS) is 1. The van der Waals surface area contributed by atoms with Gasteiger partial charge < -0.3 is 24.1 Å². The molecule has 2 aromatic carbocycles. The predicted octanol–water partition coefficient (Wildman–Crippen LogP) is 3.46. The van der Waals surface area contributed by atoms with Gasteiger partial charge in [-0.2, -0.15) is 0 Å². The van der Waals surface area contributed by atoms with Crippen molar-refractivity contribution in [3.8, 4) is 23.0 Å². The third-order valence-electron chi connectivity index (χ3n) is 4.68. The number of carboxylic acids is 1. The number of anilines is 1. The van der Waals surface area contributed by atoms with E-state index in [0.29, 0.717) is 22.8 Å². The summed E-state index contributed by atoms with van der Waals surface area (Å²) in [6.45, 7) is 0. The summed E-state index contributed by atoms with van der Waals surface area (Å²) in [4.78, 5) is 23.0. The summed E-state index contributed by atoms with van der Waals surface area (Å²) in [6.07, 6.45) is 0.700. The Bertz CT molecular complexity index is 1170. The number of halogens is 1. The molecule has 2 N–H and O–H groups in total. The van der Waals surface area contributed by atoms with Gasteiger partial charge in [0.1, 0.15) is 23.0 Å². The molecular weight excluding hydrogens is 490 g/mol. The van der Waals surface area contributed by atoms with Crippen molar-refractivity contribution < 1.29 is 42.1 Å². The molecule has 0 aliphatic carbocycles. The summed E-state index contributed by atoms with van der Waals surface area (Å²) >= 11 is 5.59. The molecule has 0 fully saturated rings. The number of benzene rings is 2. The molecule has 184 valence electrons. The van der Waals surface area contributed by atoms with E-state index in [9.17, 15) is 18.0 Å². The summed E-state index contributed by atoms with van der Waals surface area (Å²) in [7, 11) is 1.59. The number of sulfonamides is 1. The van der Waals surface area contributed by atoms with Gasteiger partial charge in [0.2, 0.25) is 5.24 Å². The monoisotopic (exact) mass is 513 g/mol. The van der Waals surface area contributed by atoms with E-state index < -0.39 is 33.6 Å². The van der Waals surface area contributed by atoms with Gasteiger partial charge in [-0.3, -0.25) is 14.3 Å². The Hall–Kier alpha value is -3.44. The Labute approximate surface area is 202 Å². The molecule has 0 amide bonds. The fourth-order valence-electron chi connectivity index (χ4n) is 3.11. The maximum atomic E-state index is 12.7. The van der Waals surface area contributed by atoms with Crippen LogP contribution in [0.1, 0.15) is 23.5 Å². The third kappa shape index (κ3) is 6.78. The third-order valence-corrected chi connectivity index (χ3v) is 5.96. The largest absolute Gasteiger partial charge is 0.496 e. The Kier molecular flexibility index (Phi) is 9.16. The van der Waals surface area contributed by atoms with Crippen LogP contribution in [0, 0.1) is 0 Å². The highest BCUT2D eigenvalue weighted by atomic mass is 35.5. The lowest BCUT2D eigenvalue weighted by Gasteiger charge is -2.16. The second kappa shape index (κ2) is 11.6. The fraction of sp³-hybridized carbons (Fsp3) is 0.273. The lowest BCUT2D eigenvalue weighted by atomic mass is 9.95. The number of hydrogen-bond acceptors (Lipinski definition) is 8. The molecule has 34 heavy (non-hydrogen) atoms. The minimum Gasteiger partial charge on any atom is -0.496 e. The van der Waals surface area contributed by atoms with Crippen LogP contribution in [-0.4, -0.2) is 53.2 Å². The number of methoxy groups -OCH3 is 4. The maximum Gasteiger partial charge on any atom is 0.304 e. The SMILES string of the molecule is COc1cc(OC)c(/C=C/S(=O)(=O)Nc2ccc(OC)c(C(CC(=O)O)C(=O)Cl)c2)c(OC)c1. The Morgan fingerprint density at radius 1 is 1.00 bits per heavy atom. The van der Waals surface area contributed by atoms with Crippen molar-refractivity contribution in [1.29, 1.82) is 0 Å². The van der Waals surface area contributed by atoms with Crippen molar-refractivity contribution in [1.82, 2.24) is 0 Å². The van der Waals surface area contributed by atoms with Gasteiger partial charge in [-0.05, 0) is 35.9 Å². The molecule has 1 atom stereocenters. The summed E-state index contributed by atoms with van der Waals surface area (Å²) in [5.74, 6) is -1.19. The van der Waals surface area contributed by atoms with Gasteiger partial charge in [-0.25, -0.2) is 8.42 Å². The first-order valence-electron chi connectivity index (χ1n) is 9.65. The first-order valence-corrected chi connectivity index (χ1v) is 11.6. The van der Waals surface area contributed by atoms with E-state index >= 15 is 0 Å². The van der Waals surface area contributed by atoms with Crippen molar-refractivity contribution in [3.05, 3.63) is 46.9 Å². The van der Waals surface area contributed by atoms with Gasteiger partial charge in [0, 0.05) is 23.4 Å². The van der Waals surface area contributed by atoms with E-state index in [1.807, 2.05) is 0 Å². The molecule has 2 rings (SSSR count). The fourth-order valence-corrected chi connectivity index (χ4v) is 4.14. The predicted molar refractivity (Wildman–Crippen MR) is 127 cm³/mol. The molecule has 0 aromatic heterocycles. The molecule has 0 saturated carbocycles. The van der Waals surface area contributed by atoms with Gasteiger partial charge in [-0.1, -0.05) is 0 Å². The topological polar surface area (TPSA) is 137 Å². The van der Waals surface area contributed by atoms with Crippen LogP contribution in [0.15, 0.2) is 35.7 Å². The van der Waals surface area contributed by atoms with Crippen LogP contribution in [0.2, 0.25) is 0 Å². The Balaban J connectivity index is 2.42. The van der Waals surface area contributed by atoms with E-state index in [4.69, 9.17) is 35.7 Å². The molecule has 0 radical (unpaired) electrons. The van der Waals surface area contributed by atoms with E-state index in [1.54, 1.807) is 12.1 Å². The van der Waals surface area contributed by atoms with Gasteiger partial charge in [0.15, 0.2) is 0 Å². The zero-order chi connectivity index (χ0) is 25.5. The van der Waals surface area contributed by atoms with Crippen LogP contribution in [0.3, 0.4) is 0 Å². The zero-order valence-corrected chi connectivity index (χ0v) is 20.4. The second-order valence-corrected chi connectivity index (χ2v) is 8.75. The highest BCUT2D eigenvalue weighted by molar-refractivity contribution is 7.95. The van der Waals surface area contributed by atoms with Crippen molar-refractivity contribution in [2.45, 2.75) is 12.3 Å². The molecule has 0 aliphatic heterocycles. The first-order chi connectivity index (χ1) is 16.0. The molecule has 1 unspecified atom stereocenters. The quantitative estimate of drug-likeness (QED) is 0.408. The number of nitrogens with one attached hydrogen (secondary N) is 1. The molecule has 2 aromatic rings. The number of carbonyl (C=O) groups excluding carboxylic acids is 1. The Morgan fingerprint density at radius 3 is 2.06 bits per heavy atom. The van der Waals surface area contributed by atoms with E-state index in [2.05, 4.69) is 4.72 Å². The summed E-state index contributed by atoms with van der Waals surface area (Å²) in [5.41, 5.74) is 0.566. The summed E-state index contributed by atoms with van der Waals surface area (Å²) in [6, 6.07) is 7.25. The lowest BCUT2D eigenvalue weighted by Crippen LogP contribution is -2.15. The Morgan fingerprint density at radius 2 is 1.59 bits per heavy atom. The van der Waals surface area contributed by atoms with E-state index in [-0.39, 0.29) is 17.0 Å². The average Bonchev–Trinajstić information content (AvgIpc) is 2.79. The maximum absolute atomic E-state index is 12.7. The van der Waals surface area contributed by atoms with E-state index in [1.165, 1.54) is 52.7 Å². The first kappa shape index (κ1) is 26.8. The van der Waals surface area contributed by atoms with Gasteiger partial charge in [0.25, 0.3) is 10.0 Å². The van der Waals surface area contributed by atoms with Crippen LogP contribution in [0.25, 0.3) is 6.08 Å². The van der Waals surface area contributed by atoms with Crippen LogP contribution in [-0.2, 0) is 19.6 Å². The molecule has 12 heteroatoms. The zero-order valence-electron chi connectivity index (χ0n) is 18.8. The second-order valence-electron chi connectivity index (χ2n) is 6.81. The van der Waals surface area contributed by atoms with Crippen molar-refractivity contribution in [2.24, 2.45) is 0 Å². The summed E-state index contributed by atoms with van der Waals surface area (Å²) in [5, 5.41) is 9.10. The molecule has 0 saturated heterocycles. The minimum absolute atomic E-state index is 0.0717. The van der Waals surface area contributed by atoms with Gasteiger partial charge >= 0.3 is 5.97 Å². The number of aliphatic carboxylic acids is 1. The van der Waals surface area contributed by atoms with Crippen molar-refractivity contribution in [3.63, 3.8) is 0 Å².